The van der Waals surface area contributed by atoms with Crippen molar-refractivity contribution in [1.82, 2.24) is 4.90 Å². The van der Waals surface area contributed by atoms with Gasteiger partial charge in [0.1, 0.15) is 10.6 Å². The molecule has 0 spiro atoms. The first-order valence-electron chi connectivity index (χ1n) is 9.30. The number of rotatable bonds is 5. The molecule has 2 aliphatic rings. The minimum Gasteiger partial charge on any atom is -0.375 e. The number of likely N-dealkylation sites (tertiary alicyclic amines) is 1. The van der Waals surface area contributed by atoms with Gasteiger partial charge in [-0.15, -0.1) is 0 Å². The van der Waals surface area contributed by atoms with E-state index in [0.717, 1.165) is 31.9 Å². The Morgan fingerprint density at radius 3 is 2.56 bits per heavy atom. The SMILES string of the molecule is CS(=O)(=O)c1cccc(NC2CCN(C(=O)C3CCCCC3)C2)c1[N+](=O)[O-]. The normalized spacial score (nSPS) is 21.2. The second kappa shape index (κ2) is 7.84. The molecule has 9 heteroatoms. The first-order chi connectivity index (χ1) is 12.8. The van der Waals surface area contributed by atoms with E-state index in [1.165, 1.54) is 24.6 Å². The molecule has 1 aliphatic heterocycles. The van der Waals surface area contributed by atoms with E-state index in [-0.39, 0.29) is 28.4 Å². The number of sulfone groups is 1. The van der Waals surface area contributed by atoms with E-state index in [1.807, 2.05) is 4.90 Å². The molecular weight excluding hydrogens is 370 g/mol. The zero-order valence-corrected chi connectivity index (χ0v) is 16.2. The van der Waals surface area contributed by atoms with Gasteiger partial charge in [0.15, 0.2) is 9.84 Å². The van der Waals surface area contributed by atoms with Gasteiger partial charge in [-0.2, -0.15) is 0 Å². The summed E-state index contributed by atoms with van der Waals surface area (Å²) in [4.78, 5) is 25.0. The highest BCUT2D eigenvalue weighted by Gasteiger charge is 2.33. The molecule has 1 atom stereocenters. The van der Waals surface area contributed by atoms with Crippen LogP contribution >= 0.6 is 0 Å². The van der Waals surface area contributed by atoms with E-state index < -0.39 is 20.4 Å². The van der Waals surface area contributed by atoms with E-state index >= 15 is 0 Å². The fraction of sp³-hybridized carbons (Fsp3) is 0.611. The predicted molar refractivity (Wildman–Crippen MR) is 101 cm³/mol. The van der Waals surface area contributed by atoms with Crippen LogP contribution in [0.1, 0.15) is 38.5 Å². The number of carbonyl (C=O) groups is 1. The molecule has 1 aliphatic carbocycles. The number of nitrogens with zero attached hydrogens (tertiary/aromatic N) is 2. The van der Waals surface area contributed by atoms with Gasteiger partial charge >= 0.3 is 5.69 Å². The van der Waals surface area contributed by atoms with Crippen LogP contribution in [0.15, 0.2) is 23.1 Å². The van der Waals surface area contributed by atoms with Crippen LogP contribution in [0.4, 0.5) is 11.4 Å². The second-order valence-corrected chi connectivity index (χ2v) is 9.41. The predicted octanol–water partition coefficient (Wildman–Crippen LogP) is 2.59. The topological polar surface area (TPSA) is 110 Å². The average Bonchev–Trinajstić information content (AvgIpc) is 3.09. The van der Waals surface area contributed by atoms with Gasteiger partial charge in [0.2, 0.25) is 5.91 Å². The smallest absolute Gasteiger partial charge is 0.310 e. The molecular formula is C18H25N3O5S. The highest BCUT2D eigenvalue weighted by molar-refractivity contribution is 7.90. The summed E-state index contributed by atoms with van der Waals surface area (Å²) < 4.78 is 23.8. The van der Waals surface area contributed by atoms with E-state index in [4.69, 9.17) is 0 Å². The van der Waals surface area contributed by atoms with Gasteiger partial charge in [-0.3, -0.25) is 14.9 Å². The Bertz CT molecular complexity index is 833. The zero-order valence-electron chi connectivity index (χ0n) is 15.4. The number of amides is 1. The van der Waals surface area contributed by atoms with E-state index in [9.17, 15) is 23.3 Å². The Balaban J connectivity index is 1.73. The maximum atomic E-state index is 12.7. The fourth-order valence-electron chi connectivity index (χ4n) is 4.03. The van der Waals surface area contributed by atoms with Crippen LogP contribution in [0.5, 0.6) is 0 Å². The maximum absolute atomic E-state index is 12.7. The average molecular weight is 395 g/mol. The number of nitrogens with one attached hydrogen (secondary N) is 1. The van der Waals surface area contributed by atoms with Gasteiger partial charge in [0.05, 0.1) is 4.92 Å². The Morgan fingerprint density at radius 2 is 1.93 bits per heavy atom. The fourth-order valence-corrected chi connectivity index (χ4v) is 4.89. The lowest BCUT2D eigenvalue weighted by Gasteiger charge is -2.26. The summed E-state index contributed by atoms with van der Waals surface area (Å²) in [5, 5.41) is 14.6. The van der Waals surface area contributed by atoms with E-state index in [1.54, 1.807) is 0 Å². The van der Waals surface area contributed by atoms with Crippen molar-refractivity contribution in [3.63, 3.8) is 0 Å². The van der Waals surface area contributed by atoms with Crippen molar-refractivity contribution in [1.29, 1.82) is 0 Å². The molecule has 1 unspecified atom stereocenters. The minimum atomic E-state index is -3.72. The number of para-hydroxylation sites is 1. The third kappa shape index (κ3) is 4.40. The molecule has 0 radical (unpaired) electrons. The van der Waals surface area contributed by atoms with E-state index in [2.05, 4.69) is 5.32 Å². The molecule has 1 N–H and O–H groups in total. The summed E-state index contributed by atoms with van der Waals surface area (Å²) in [5.41, 5.74) is -0.253. The highest BCUT2D eigenvalue weighted by atomic mass is 32.2. The van der Waals surface area contributed by atoms with Gasteiger partial charge in [0.25, 0.3) is 0 Å². The van der Waals surface area contributed by atoms with Crippen LogP contribution in [-0.4, -0.2) is 49.5 Å². The Kier molecular flexibility index (Phi) is 5.69. The van der Waals surface area contributed by atoms with Crippen molar-refractivity contribution in [3.8, 4) is 0 Å². The molecule has 8 nitrogen and oxygen atoms in total. The molecule has 148 valence electrons. The van der Waals surface area contributed by atoms with Crippen molar-refractivity contribution in [2.24, 2.45) is 5.92 Å². The van der Waals surface area contributed by atoms with Gasteiger partial charge in [-0.1, -0.05) is 25.3 Å². The number of nitro groups is 1. The molecule has 1 aromatic carbocycles. The standard InChI is InChI=1S/C18H25N3O5S/c1-27(25,26)16-9-5-8-15(17(16)21(23)24)19-14-10-11-20(12-14)18(22)13-6-3-2-4-7-13/h5,8-9,13-14,19H,2-4,6-7,10-12H2,1H3. The maximum Gasteiger partial charge on any atom is 0.310 e. The number of nitro benzene ring substituents is 1. The number of benzene rings is 1. The minimum absolute atomic E-state index is 0.0976. The van der Waals surface area contributed by atoms with Gasteiger partial charge in [0, 0.05) is 31.3 Å². The molecule has 1 heterocycles. The molecule has 0 aromatic heterocycles. The number of hydrogen-bond donors (Lipinski definition) is 1. The van der Waals surface area contributed by atoms with Gasteiger partial charge in [-0.25, -0.2) is 8.42 Å². The Hall–Kier alpha value is -2.16. The molecule has 1 aromatic rings. The molecule has 27 heavy (non-hydrogen) atoms. The third-order valence-corrected chi connectivity index (χ3v) is 6.52. The lowest BCUT2D eigenvalue weighted by molar-refractivity contribution is -0.386. The van der Waals surface area contributed by atoms with Gasteiger partial charge < -0.3 is 10.2 Å². The third-order valence-electron chi connectivity index (χ3n) is 5.40. The van der Waals surface area contributed by atoms with Crippen LogP contribution < -0.4 is 5.32 Å². The first kappa shape index (κ1) is 19.6. The summed E-state index contributed by atoms with van der Waals surface area (Å²) in [6.45, 7) is 1.10. The van der Waals surface area contributed by atoms with Crippen molar-refractivity contribution >= 4 is 27.1 Å². The molecule has 1 amide bonds. The quantitative estimate of drug-likeness (QED) is 0.606. The highest BCUT2D eigenvalue weighted by Crippen LogP contribution is 2.33. The summed E-state index contributed by atoms with van der Waals surface area (Å²) in [6.07, 6.45) is 6.89. The molecule has 2 fully saturated rings. The number of hydrogen-bond acceptors (Lipinski definition) is 6. The summed E-state index contributed by atoms with van der Waals surface area (Å²) in [6, 6.07) is 4.11. The Morgan fingerprint density at radius 1 is 1.22 bits per heavy atom. The number of anilines is 1. The van der Waals surface area contributed by atoms with Crippen molar-refractivity contribution in [2.75, 3.05) is 24.7 Å². The van der Waals surface area contributed by atoms with Crippen molar-refractivity contribution < 1.29 is 18.1 Å². The van der Waals surface area contributed by atoms with Crippen LogP contribution in [0.25, 0.3) is 0 Å². The van der Waals surface area contributed by atoms with E-state index in [0.29, 0.717) is 19.5 Å². The molecule has 0 bridgehead atoms. The monoisotopic (exact) mass is 395 g/mol. The number of carbonyl (C=O) groups excluding carboxylic acids is 1. The molecule has 1 saturated heterocycles. The first-order valence-corrected chi connectivity index (χ1v) is 11.2. The van der Waals surface area contributed by atoms with Crippen LogP contribution in [0.3, 0.4) is 0 Å². The lowest BCUT2D eigenvalue weighted by atomic mass is 9.88. The molecule has 3 rings (SSSR count). The summed E-state index contributed by atoms with van der Waals surface area (Å²) in [7, 11) is -3.72. The summed E-state index contributed by atoms with van der Waals surface area (Å²) in [5.74, 6) is 0.277. The largest absolute Gasteiger partial charge is 0.375 e. The van der Waals surface area contributed by atoms with Gasteiger partial charge in [-0.05, 0) is 31.4 Å². The zero-order chi connectivity index (χ0) is 19.6. The van der Waals surface area contributed by atoms with Crippen LogP contribution in [-0.2, 0) is 14.6 Å². The summed E-state index contributed by atoms with van der Waals surface area (Å²) >= 11 is 0. The van der Waals surface area contributed by atoms with Crippen LogP contribution in [0, 0.1) is 16.0 Å². The van der Waals surface area contributed by atoms with Crippen LogP contribution in [0.2, 0.25) is 0 Å². The Labute approximate surface area is 159 Å². The lowest BCUT2D eigenvalue weighted by Crippen LogP contribution is -2.36. The van der Waals surface area contributed by atoms with Crippen molar-refractivity contribution in [2.45, 2.75) is 49.5 Å². The second-order valence-electron chi connectivity index (χ2n) is 7.43. The molecule has 1 saturated carbocycles. The van der Waals surface area contributed by atoms with Crippen molar-refractivity contribution in [3.05, 3.63) is 28.3 Å².